The van der Waals surface area contributed by atoms with Crippen LogP contribution >= 0.6 is 27.7 Å². The van der Waals surface area contributed by atoms with Gasteiger partial charge in [0.1, 0.15) is 11.4 Å². The van der Waals surface area contributed by atoms with E-state index >= 15 is 0 Å². The molecule has 0 unspecified atom stereocenters. The highest BCUT2D eigenvalue weighted by Crippen LogP contribution is 2.28. The number of hydrogen-bond acceptors (Lipinski definition) is 5. The Balaban J connectivity index is 1.62. The van der Waals surface area contributed by atoms with Crippen LogP contribution in [0.2, 0.25) is 0 Å². The zero-order chi connectivity index (χ0) is 17.9. The lowest BCUT2D eigenvalue weighted by Crippen LogP contribution is -1.97. The Hall–Kier alpha value is -2.69. The molecule has 0 spiro atoms. The maximum absolute atomic E-state index is 8.88. The van der Waals surface area contributed by atoms with Gasteiger partial charge in [0.05, 0.1) is 28.9 Å². The van der Waals surface area contributed by atoms with E-state index in [1.54, 1.807) is 24.3 Å². The van der Waals surface area contributed by atoms with Crippen molar-refractivity contribution in [3.05, 3.63) is 76.7 Å². The minimum absolute atomic E-state index is 0.666. The Bertz CT molecular complexity index is 1100. The molecule has 2 aromatic heterocycles. The van der Waals surface area contributed by atoms with Crippen molar-refractivity contribution in [3.8, 4) is 11.8 Å². The first-order valence-electron chi connectivity index (χ1n) is 7.81. The van der Waals surface area contributed by atoms with Crippen molar-refractivity contribution in [2.75, 3.05) is 0 Å². The lowest BCUT2D eigenvalue weighted by atomic mass is 10.2. The van der Waals surface area contributed by atoms with E-state index in [0.717, 1.165) is 37.5 Å². The number of nitrogens with zero attached hydrogens (tertiary/aromatic N) is 5. The number of nitriles is 1. The number of benzene rings is 2. The molecule has 0 N–H and O–H groups in total. The van der Waals surface area contributed by atoms with Crippen molar-refractivity contribution in [3.63, 3.8) is 0 Å². The van der Waals surface area contributed by atoms with E-state index in [4.69, 9.17) is 5.26 Å². The van der Waals surface area contributed by atoms with Crippen molar-refractivity contribution in [1.29, 1.82) is 5.26 Å². The summed E-state index contributed by atoms with van der Waals surface area (Å²) in [4.78, 5) is 8.82. The van der Waals surface area contributed by atoms with Crippen molar-refractivity contribution in [2.24, 2.45) is 0 Å². The summed E-state index contributed by atoms with van der Waals surface area (Å²) in [5.41, 5.74) is 3.54. The summed E-state index contributed by atoms with van der Waals surface area (Å²) in [5, 5.41) is 15.2. The first-order chi connectivity index (χ1) is 12.7. The standard InChI is InChI=1S/C19H12BrN5S/c20-15-5-7-16(8-6-15)25-18-17(10-24-25)19(23-12-22-18)26-11-14-3-1-13(9-21)2-4-14/h1-8,10,12H,11H2. The average Bonchev–Trinajstić information content (AvgIpc) is 3.12. The van der Waals surface area contributed by atoms with Crippen LogP contribution in [-0.4, -0.2) is 19.7 Å². The number of halogens is 1. The fourth-order valence-electron chi connectivity index (χ4n) is 2.54. The summed E-state index contributed by atoms with van der Waals surface area (Å²) in [5.74, 6) is 0.765. The van der Waals surface area contributed by atoms with Crippen LogP contribution in [0.15, 0.2) is 70.6 Å². The Labute approximate surface area is 162 Å². The molecule has 0 saturated heterocycles. The van der Waals surface area contributed by atoms with E-state index in [-0.39, 0.29) is 0 Å². The molecule has 4 aromatic rings. The van der Waals surface area contributed by atoms with Crippen LogP contribution in [0.3, 0.4) is 0 Å². The summed E-state index contributed by atoms with van der Waals surface area (Å²) in [6, 6.07) is 17.7. The van der Waals surface area contributed by atoms with Gasteiger partial charge in [-0.3, -0.25) is 0 Å². The minimum atomic E-state index is 0.666. The molecule has 0 aliphatic rings. The van der Waals surface area contributed by atoms with Gasteiger partial charge in [-0.2, -0.15) is 10.4 Å². The molecular weight excluding hydrogens is 410 g/mol. The second kappa shape index (κ2) is 7.28. The van der Waals surface area contributed by atoms with Crippen molar-refractivity contribution in [2.45, 2.75) is 10.8 Å². The van der Waals surface area contributed by atoms with Gasteiger partial charge in [-0.25, -0.2) is 14.6 Å². The fourth-order valence-corrected chi connectivity index (χ4v) is 3.72. The molecule has 0 amide bonds. The van der Waals surface area contributed by atoms with Gasteiger partial charge in [-0.15, -0.1) is 11.8 Å². The van der Waals surface area contributed by atoms with Gasteiger partial charge >= 0.3 is 0 Å². The largest absolute Gasteiger partial charge is 0.229 e. The minimum Gasteiger partial charge on any atom is -0.229 e. The Morgan fingerprint density at radius 1 is 1.04 bits per heavy atom. The molecule has 0 atom stereocenters. The van der Waals surface area contributed by atoms with E-state index in [1.807, 2.05) is 53.2 Å². The number of thioether (sulfide) groups is 1. The molecule has 0 aliphatic carbocycles. The van der Waals surface area contributed by atoms with Crippen LogP contribution in [0, 0.1) is 11.3 Å². The van der Waals surface area contributed by atoms with Crippen LogP contribution in [0.25, 0.3) is 16.7 Å². The zero-order valence-corrected chi connectivity index (χ0v) is 15.9. The molecular formula is C19H12BrN5S. The topological polar surface area (TPSA) is 67.4 Å². The maximum atomic E-state index is 8.88. The SMILES string of the molecule is N#Cc1ccc(CSc2ncnc3c2cnn3-c2ccc(Br)cc2)cc1. The quantitative estimate of drug-likeness (QED) is 0.351. The maximum Gasteiger partial charge on any atom is 0.167 e. The fraction of sp³-hybridized carbons (Fsp3) is 0.0526. The highest BCUT2D eigenvalue weighted by atomic mass is 79.9. The van der Waals surface area contributed by atoms with Crippen LogP contribution in [-0.2, 0) is 5.75 Å². The lowest BCUT2D eigenvalue weighted by molar-refractivity contribution is 0.893. The van der Waals surface area contributed by atoms with Gasteiger partial charge < -0.3 is 0 Å². The second-order valence-corrected chi connectivity index (χ2v) is 7.43. The molecule has 2 heterocycles. The van der Waals surface area contributed by atoms with Crippen LogP contribution < -0.4 is 0 Å². The number of rotatable bonds is 4. The van der Waals surface area contributed by atoms with Gasteiger partial charge in [0.25, 0.3) is 0 Å². The number of fused-ring (bicyclic) bond motifs is 1. The summed E-state index contributed by atoms with van der Waals surface area (Å²) in [6.45, 7) is 0. The molecule has 4 rings (SSSR count). The molecule has 0 saturated carbocycles. The van der Waals surface area contributed by atoms with Crippen molar-refractivity contribution in [1.82, 2.24) is 19.7 Å². The van der Waals surface area contributed by atoms with Crippen molar-refractivity contribution < 1.29 is 0 Å². The normalized spacial score (nSPS) is 10.8. The summed E-state index contributed by atoms with van der Waals surface area (Å²) >= 11 is 5.08. The average molecular weight is 422 g/mol. The third-order valence-corrected chi connectivity index (χ3v) is 5.46. The first-order valence-corrected chi connectivity index (χ1v) is 9.59. The summed E-state index contributed by atoms with van der Waals surface area (Å²) in [7, 11) is 0. The monoisotopic (exact) mass is 421 g/mol. The molecule has 0 fully saturated rings. The van der Waals surface area contributed by atoms with Crippen molar-refractivity contribution >= 4 is 38.7 Å². The number of aromatic nitrogens is 4. The van der Waals surface area contributed by atoms with Gasteiger partial charge in [0.2, 0.25) is 0 Å². The van der Waals surface area contributed by atoms with Gasteiger partial charge in [0, 0.05) is 10.2 Å². The number of hydrogen-bond donors (Lipinski definition) is 0. The predicted octanol–water partition coefficient (Wildman–Crippen LogP) is 4.74. The van der Waals surface area contributed by atoms with Crippen LogP contribution in [0.4, 0.5) is 0 Å². The third-order valence-electron chi connectivity index (χ3n) is 3.86. The van der Waals surface area contributed by atoms with Gasteiger partial charge in [-0.05, 0) is 42.0 Å². The van der Waals surface area contributed by atoms with E-state index in [1.165, 1.54) is 0 Å². The van der Waals surface area contributed by atoms with E-state index in [9.17, 15) is 0 Å². The second-order valence-electron chi connectivity index (χ2n) is 5.55. The Kier molecular flexibility index (Phi) is 4.69. The highest BCUT2D eigenvalue weighted by molar-refractivity contribution is 9.10. The molecule has 0 bridgehead atoms. The molecule has 126 valence electrons. The van der Waals surface area contributed by atoms with Crippen LogP contribution in [0.1, 0.15) is 11.1 Å². The smallest absolute Gasteiger partial charge is 0.167 e. The Morgan fingerprint density at radius 2 is 1.81 bits per heavy atom. The van der Waals surface area contributed by atoms with Crippen LogP contribution in [0.5, 0.6) is 0 Å². The molecule has 0 aliphatic heterocycles. The molecule has 0 radical (unpaired) electrons. The lowest BCUT2D eigenvalue weighted by Gasteiger charge is -2.05. The molecule has 2 aromatic carbocycles. The first kappa shape index (κ1) is 16.8. The third kappa shape index (κ3) is 3.34. The van der Waals surface area contributed by atoms with E-state index in [2.05, 4.69) is 37.1 Å². The van der Waals surface area contributed by atoms with E-state index in [0.29, 0.717) is 5.56 Å². The molecule has 26 heavy (non-hydrogen) atoms. The summed E-state index contributed by atoms with van der Waals surface area (Å²) < 4.78 is 2.83. The zero-order valence-electron chi connectivity index (χ0n) is 13.5. The van der Waals surface area contributed by atoms with E-state index < -0.39 is 0 Å². The molecule has 7 heteroatoms. The summed E-state index contributed by atoms with van der Waals surface area (Å²) in [6.07, 6.45) is 3.37. The van der Waals surface area contributed by atoms with Gasteiger partial charge in [-0.1, -0.05) is 28.1 Å². The molecule has 5 nitrogen and oxygen atoms in total. The predicted molar refractivity (Wildman–Crippen MR) is 105 cm³/mol. The highest BCUT2D eigenvalue weighted by Gasteiger charge is 2.11. The Morgan fingerprint density at radius 3 is 2.54 bits per heavy atom. The van der Waals surface area contributed by atoms with Gasteiger partial charge in [0.15, 0.2) is 5.65 Å².